The van der Waals surface area contributed by atoms with E-state index >= 15 is 0 Å². The monoisotopic (exact) mass is 520 g/mol. The average Bonchev–Trinajstić information content (AvgIpc) is 2.86. The third-order valence-corrected chi connectivity index (χ3v) is 6.41. The zero-order valence-corrected chi connectivity index (χ0v) is 22.0. The van der Waals surface area contributed by atoms with Crippen molar-refractivity contribution in [1.29, 1.82) is 0 Å². The number of nitrogens with one attached hydrogen (secondary N) is 1. The number of carbonyl (C=O) groups excluding carboxylic acids is 3. The van der Waals surface area contributed by atoms with Crippen LogP contribution in [0, 0.1) is 5.41 Å². The molecule has 9 nitrogen and oxygen atoms in total. The molecule has 0 aromatic heterocycles. The summed E-state index contributed by atoms with van der Waals surface area (Å²) in [6.07, 6.45) is 0.768. The SMILES string of the molecule is CCOC(=O)C1=C(N)OC2=C(C(=O)CC(C)(C)C2)C1c1ccccc1OCC(=O)Nc1ccc(OC)cc1. The number of rotatable bonds is 8. The van der Waals surface area contributed by atoms with Crippen molar-refractivity contribution in [3.05, 3.63) is 76.9 Å². The molecule has 1 heterocycles. The Kier molecular flexibility index (Phi) is 7.75. The second-order valence-corrected chi connectivity index (χ2v) is 9.91. The Balaban J connectivity index is 1.66. The highest BCUT2D eigenvalue weighted by atomic mass is 16.5. The lowest BCUT2D eigenvalue weighted by Gasteiger charge is -2.38. The topological polar surface area (TPSA) is 126 Å². The Morgan fingerprint density at radius 1 is 1.11 bits per heavy atom. The molecule has 3 N–H and O–H groups in total. The molecular weight excluding hydrogens is 488 g/mol. The summed E-state index contributed by atoms with van der Waals surface area (Å²) in [5, 5.41) is 2.77. The number of anilines is 1. The standard InChI is InChI=1S/C29H32N2O7/c1-5-36-28(34)26-24(25-20(32)14-29(2,3)15-22(25)38-27(26)30)19-8-6-7-9-21(19)37-16-23(33)31-17-10-12-18(35-4)13-11-17/h6-13,24H,5,14-16,30H2,1-4H3,(H,31,33). The van der Waals surface area contributed by atoms with Gasteiger partial charge in [0.2, 0.25) is 5.88 Å². The molecule has 1 unspecified atom stereocenters. The van der Waals surface area contributed by atoms with Gasteiger partial charge in [0.1, 0.15) is 22.8 Å². The maximum absolute atomic E-state index is 13.4. The lowest BCUT2D eigenvalue weighted by molar-refractivity contribution is -0.139. The molecular formula is C29H32N2O7. The van der Waals surface area contributed by atoms with E-state index in [0.717, 1.165) is 0 Å². The molecule has 0 saturated carbocycles. The van der Waals surface area contributed by atoms with E-state index in [2.05, 4.69) is 5.32 Å². The minimum atomic E-state index is -0.859. The van der Waals surface area contributed by atoms with Crippen molar-refractivity contribution in [3.63, 3.8) is 0 Å². The van der Waals surface area contributed by atoms with Gasteiger partial charge in [-0.2, -0.15) is 0 Å². The number of carbonyl (C=O) groups is 3. The van der Waals surface area contributed by atoms with Crippen LogP contribution in [-0.2, 0) is 23.9 Å². The first-order chi connectivity index (χ1) is 18.1. The first-order valence-corrected chi connectivity index (χ1v) is 12.4. The predicted molar refractivity (Wildman–Crippen MR) is 140 cm³/mol. The Labute approximate surface area is 221 Å². The van der Waals surface area contributed by atoms with Crippen LogP contribution in [0.15, 0.2) is 71.3 Å². The van der Waals surface area contributed by atoms with Gasteiger partial charge in [-0.25, -0.2) is 4.79 Å². The highest BCUT2D eigenvalue weighted by Crippen LogP contribution is 2.49. The first kappa shape index (κ1) is 26.8. The summed E-state index contributed by atoms with van der Waals surface area (Å²) in [4.78, 5) is 39.1. The second-order valence-electron chi connectivity index (χ2n) is 9.91. The van der Waals surface area contributed by atoms with E-state index in [-0.39, 0.29) is 48.2 Å². The maximum Gasteiger partial charge on any atom is 0.340 e. The third kappa shape index (κ3) is 5.66. The summed E-state index contributed by atoms with van der Waals surface area (Å²) < 4.78 is 22.2. The molecule has 2 aromatic rings. The molecule has 0 fully saturated rings. The largest absolute Gasteiger partial charge is 0.497 e. The zero-order chi connectivity index (χ0) is 27.4. The fourth-order valence-corrected chi connectivity index (χ4v) is 4.77. The number of amides is 1. The molecule has 0 radical (unpaired) electrons. The van der Waals surface area contributed by atoms with Gasteiger partial charge in [-0.3, -0.25) is 9.59 Å². The van der Waals surface area contributed by atoms with Crippen LogP contribution in [0.25, 0.3) is 0 Å². The lowest BCUT2D eigenvalue weighted by Crippen LogP contribution is -2.36. The van der Waals surface area contributed by atoms with E-state index in [0.29, 0.717) is 40.5 Å². The van der Waals surface area contributed by atoms with Gasteiger partial charge in [-0.1, -0.05) is 32.0 Å². The molecule has 1 aliphatic heterocycles. The van der Waals surface area contributed by atoms with Gasteiger partial charge >= 0.3 is 5.97 Å². The molecule has 0 bridgehead atoms. The number of Topliss-reactive ketones (excluding diaryl/α,β-unsaturated/α-hetero) is 1. The van der Waals surface area contributed by atoms with Crippen molar-refractivity contribution in [2.45, 2.75) is 39.5 Å². The smallest absolute Gasteiger partial charge is 0.340 e. The van der Waals surface area contributed by atoms with E-state index in [1.807, 2.05) is 13.8 Å². The molecule has 1 aliphatic carbocycles. The van der Waals surface area contributed by atoms with Gasteiger partial charge in [0.05, 0.1) is 19.6 Å². The number of ether oxygens (including phenoxy) is 4. The number of methoxy groups -OCH3 is 1. The molecule has 0 spiro atoms. The van der Waals surface area contributed by atoms with E-state index in [1.165, 1.54) is 0 Å². The maximum atomic E-state index is 13.4. The number of esters is 1. The number of nitrogens with two attached hydrogens (primary N) is 1. The Morgan fingerprint density at radius 2 is 1.82 bits per heavy atom. The fourth-order valence-electron chi connectivity index (χ4n) is 4.77. The van der Waals surface area contributed by atoms with E-state index in [1.54, 1.807) is 62.6 Å². The zero-order valence-electron chi connectivity index (χ0n) is 22.0. The van der Waals surface area contributed by atoms with Crippen LogP contribution in [0.5, 0.6) is 11.5 Å². The van der Waals surface area contributed by atoms with Gasteiger partial charge in [0.15, 0.2) is 12.4 Å². The van der Waals surface area contributed by atoms with Gasteiger partial charge in [0, 0.05) is 29.7 Å². The molecule has 200 valence electrons. The van der Waals surface area contributed by atoms with E-state index < -0.39 is 11.9 Å². The normalized spacial score (nSPS) is 18.3. The van der Waals surface area contributed by atoms with Crippen LogP contribution in [0.2, 0.25) is 0 Å². The van der Waals surface area contributed by atoms with Crippen LogP contribution in [-0.4, -0.2) is 38.0 Å². The quantitative estimate of drug-likeness (QED) is 0.496. The third-order valence-electron chi connectivity index (χ3n) is 6.41. The molecule has 9 heteroatoms. The van der Waals surface area contributed by atoms with Crippen molar-refractivity contribution in [2.24, 2.45) is 11.1 Å². The summed E-state index contributed by atoms with van der Waals surface area (Å²) in [6.45, 7) is 5.47. The number of para-hydroxylation sites is 1. The molecule has 2 aliphatic rings. The van der Waals surface area contributed by atoms with Crippen LogP contribution in [0.4, 0.5) is 5.69 Å². The average molecular weight is 521 g/mol. The van der Waals surface area contributed by atoms with Gasteiger partial charge in [-0.15, -0.1) is 0 Å². The summed E-state index contributed by atoms with van der Waals surface area (Å²) in [6, 6.07) is 13.9. The highest BCUT2D eigenvalue weighted by Gasteiger charge is 2.45. The van der Waals surface area contributed by atoms with Crippen LogP contribution < -0.4 is 20.5 Å². The fraction of sp³-hybridized carbons (Fsp3) is 0.345. The Bertz CT molecular complexity index is 1310. The van der Waals surface area contributed by atoms with Gasteiger partial charge in [0.25, 0.3) is 5.91 Å². The van der Waals surface area contributed by atoms with Crippen LogP contribution in [0.1, 0.15) is 45.1 Å². The van der Waals surface area contributed by atoms with Crippen molar-refractivity contribution in [2.75, 3.05) is 25.6 Å². The number of benzene rings is 2. The number of allylic oxidation sites excluding steroid dienone is 2. The molecule has 2 aromatic carbocycles. The van der Waals surface area contributed by atoms with Crippen molar-refractivity contribution in [3.8, 4) is 11.5 Å². The Hall–Kier alpha value is -4.27. The minimum absolute atomic E-state index is 0.0393. The van der Waals surface area contributed by atoms with Gasteiger partial charge < -0.3 is 30.0 Å². The molecule has 4 rings (SSSR count). The van der Waals surface area contributed by atoms with Crippen LogP contribution >= 0.6 is 0 Å². The second kappa shape index (κ2) is 11.0. The number of hydrogen-bond donors (Lipinski definition) is 2. The molecule has 1 atom stereocenters. The van der Waals surface area contributed by atoms with Crippen molar-refractivity contribution < 1.29 is 33.3 Å². The van der Waals surface area contributed by atoms with E-state index in [4.69, 9.17) is 24.7 Å². The summed E-state index contributed by atoms with van der Waals surface area (Å²) in [5.41, 5.74) is 7.43. The molecule has 0 saturated heterocycles. The first-order valence-electron chi connectivity index (χ1n) is 12.4. The summed E-state index contributed by atoms with van der Waals surface area (Å²) >= 11 is 0. The Morgan fingerprint density at radius 3 is 2.50 bits per heavy atom. The summed E-state index contributed by atoms with van der Waals surface area (Å²) in [7, 11) is 1.56. The van der Waals surface area contributed by atoms with Crippen molar-refractivity contribution in [1.82, 2.24) is 0 Å². The van der Waals surface area contributed by atoms with Crippen LogP contribution in [0.3, 0.4) is 0 Å². The molecule has 38 heavy (non-hydrogen) atoms. The summed E-state index contributed by atoms with van der Waals surface area (Å²) in [5.74, 6) is -0.713. The van der Waals surface area contributed by atoms with Gasteiger partial charge in [-0.05, 0) is 42.7 Å². The molecule has 1 amide bonds. The minimum Gasteiger partial charge on any atom is -0.497 e. The van der Waals surface area contributed by atoms with Crippen molar-refractivity contribution >= 4 is 23.3 Å². The van der Waals surface area contributed by atoms with E-state index in [9.17, 15) is 14.4 Å². The lowest BCUT2D eigenvalue weighted by atomic mass is 9.70. The number of ketones is 1. The highest BCUT2D eigenvalue weighted by molar-refractivity contribution is 6.04. The number of hydrogen-bond acceptors (Lipinski definition) is 8. The predicted octanol–water partition coefficient (Wildman–Crippen LogP) is 4.20.